The first-order valence-corrected chi connectivity index (χ1v) is 6.32. The Morgan fingerprint density at radius 1 is 0.889 bits per heavy atom. The molecule has 0 N–H and O–H groups in total. The van der Waals surface area contributed by atoms with E-state index in [4.69, 9.17) is 4.74 Å². The topological polar surface area (TPSA) is 14.2 Å². The van der Waals surface area contributed by atoms with Gasteiger partial charge in [0.2, 0.25) is 0 Å². The molecule has 2 nitrogen and oxygen atoms in total. The maximum absolute atomic E-state index is 5.27. The van der Waals surface area contributed by atoms with Gasteiger partial charge in [-0.2, -0.15) is 0 Å². The van der Waals surface area contributed by atoms with Gasteiger partial charge in [0.15, 0.2) is 0 Å². The van der Waals surface area contributed by atoms with Crippen molar-refractivity contribution < 1.29 is 4.74 Å². The summed E-state index contributed by atoms with van der Waals surface area (Å²) in [5.41, 5.74) is 2.49. The van der Waals surface area contributed by atoms with Crippen LogP contribution in [0.4, 0.5) is 0 Å². The Bertz CT molecular complexity index is 667. The standard InChI is InChI=1S/C14H13NO.C2H6/c1-15-13-6-4-3-5-11(13)12-9-10(16-2)7-8-14(12)15;1-2/h3-9H,1-2H3;1-2H3. The highest BCUT2D eigenvalue weighted by Crippen LogP contribution is 2.30. The number of methoxy groups -OCH3 is 1. The second kappa shape index (κ2) is 5.13. The highest BCUT2D eigenvalue weighted by Gasteiger charge is 2.07. The predicted molar refractivity (Wildman–Crippen MR) is 78.3 cm³/mol. The van der Waals surface area contributed by atoms with E-state index in [0.717, 1.165) is 5.75 Å². The summed E-state index contributed by atoms with van der Waals surface area (Å²) in [6.45, 7) is 4.00. The van der Waals surface area contributed by atoms with Gasteiger partial charge in [-0.3, -0.25) is 0 Å². The molecule has 0 unspecified atom stereocenters. The Kier molecular flexibility index (Phi) is 3.56. The van der Waals surface area contributed by atoms with E-state index in [1.54, 1.807) is 7.11 Å². The fourth-order valence-corrected chi connectivity index (χ4v) is 2.27. The summed E-state index contributed by atoms with van der Waals surface area (Å²) in [6.07, 6.45) is 0. The lowest BCUT2D eigenvalue weighted by Gasteiger charge is -2.00. The first kappa shape index (κ1) is 12.5. The largest absolute Gasteiger partial charge is 0.497 e. The summed E-state index contributed by atoms with van der Waals surface area (Å²) in [7, 11) is 3.80. The third-order valence-electron chi connectivity index (χ3n) is 3.12. The molecule has 0 bridgehead atoms. The SMILES string of the molecule is CC.COc1ccc2c(c1)c1ccccc1n2C. The first-order valence-electron chi connectivity index (χ1n) is 6.32. The van der Waals surface area contributed by atoms with Gasteiger partial charge in [-0.05, 0) is 24.3 Å². The third-order valence-corrected chi connectivity index (χ3v) is 3.12. The molecule has 3 rings (SSSR count). The summed E-state index contributed by atoms with van der Waals surface area (Å²) in [4.78, 5) is 0. The minimum Gasteiger partial charge on any atom is -0.497 e. The Labute approximate surface area is 108 Å². The number of rotatable bonds is 1. The van der Waals surface area contributed by atoms with E-state index in [-0.39, 0.29) is 0 Å². The molecular weight excluding hydrogens is 222 g/mol. The van der Waals surface area contributed by atoms with Gasteiger partial charge >= 0.3 is 0 Å². The van der Waals surface area contributed by atoms with Crippen LogP contribution in [-0.4, -0.2) is 11.7 Å². The van der Waals surface area contributed by atoms with Crippen molar-refractivity contribution in [2.75, 3.05) is 7.11 Å². The molecule has 0 radical (unpaired) electrons. The van der Waals surface area contributed by atoms with E-state index in [9.17, 15) is 0 Å². The Hall–Kier alpha value is -1.96. The number of ether oxygens (including phenoxy) is 1. The van der Waals surface area contributed by atoms with Crippen LogP contribution in [0.5, 0.6) is 5.75 Å². The van der Waals surface area contributed by atoms with Gasteiger partial charge in [0.05, 0.1) is 7.11 Å². The zero-order chi connectivity index (χ0) is 13.1. The average Bonchev–Trinajstić information content (AvgIpc) is 2.75. The van der Waals surface area contributed by atoms with Crippen LogP contribution in [0.15, 0.2) is 42.5 Å². The number of aryl methyl sites for hydroxylation is 1. The van der Waals surface area contributed by atoms with Crippen LogP contribution < -0.4 is 4.74 Å². The Balaban J connectivity index is 0.000000574. The number of hydrogen-bond donors (Lipinski definition) is 0. The molecule has 2 heteroatoms. The highest BCUT2D eigenvalue weighted by molar-refractivity contribution is 6.08. The highest BCUT2D eigenvalue weighted by atomic mass is 16.5. The van der Waals surface area contributed by atoms with Crippen molar-refractivity contribution in [1.82, 2.24) is 4.57 Å². The lowest BCUT2D eigenvalue weighted by atomic mass is 10.1. The third kappa shape index (κ3) is 1.84. The minimum absolute atomic E-state index is 0.906. The predicted octanol–water partition coefficient (Wildman–Crippen LogP) is 4.37. The maximum Gasteiger partial charge on any atom is 0.119 e. The molecule has 1 aromatic heterocycles. The maximum atomic E-state index is 5.27. The number of hydrogen-bond acceptors (Lipinski definition) is 1. The fraction of sp³-hybridized carbons (Fsp3) is 0.250. The smallest absolute Gasteiger partial charge is 0.119 e. The number of benzene rings is 2. The molecule has 0 aliphatic rings. The number of fused-ring (bicyclic) bond motifs is 3. The molecule has 0 aliphatic heterocycles. The van der Waals surface area contributed by atoms with Crippen molar-refractivity contribution in [3.8, 4) is 5.75 Å². The van der Waals surface area contributed by atoms with Crippen LogP contribution in [0, 0.1) is 0 Å². The van der Waals surface area contributed by atoms with E-state index in [1.165, 1.54) is 21.8 Å². The molecule has 0 saturated heterocycles. The number of aromatic nitrogens is 1. The minimum atomic E-state index is 0.906. The van der Waals surface area contributed by atoms with Gasteiger partial charge < -0.3 is 9.30 Å². The summed E-state index contributed by atoms with van der Waals surface area (Å²) >= 11 is 0. The van der Waals surface area contributed by atoms with Gasteiger partial charge in [-0.1, -0.05) is 32.0 Å². The van der Waals surface area contributed by atoms with Gasteiger partial charge in [0.25, 0.3) is 0 Å². The molecule has 3 aromatic rings. The normalized spacial score (nSPS) is 10.2. The van der Waals surface area contributed by atoms with Crippen molar-refractivity contribution in [1.29, 1.82) is 0 Å². The van der Waals surface area contributed by atoms with Crippen LogP contribution >= 0.6 is 0 Å². The van der Waals surface area contributed by atoms with E-state index in [2.05, 4.69) is 48.0 Å². The van der Waals surface area contributed by atoms with Crippen molar-refractivity contribution in [3.05, 3.63) is 42.5 Å². The molecule has 2 aromatic carbocycles. The van der Waals surface area contributed by atoms with Gasteiger partial charge in [-0.25, -0.2) is 0 Å². The molecule has 0 spiro atoms. The zero-order valence-corrected chi connectivity index (χ0v) is 11.4. The first-order chi connectivity index (χ1) is 8.81. The second-order valence-corrected chi connectivity index (χ2v) is 3.96. The quantitative estimate of drug-likeness (QED) is 0.617. The number of para-hydroxylation sites is 1. The van der Waals surface area contributed by atoms with Crippen molar-refractivity contribution in [2.24, 2.45) is 7.05 Å². The summed E-state index contributed by atoms with van der Waals surface area (Å²) < 4.78 is 7.48. The van der Waals surface area contributed by atoms with E-state index in [1.807, 2.05) is 19.9 Å². The summed E-state index contributed by atoms with van der Waals surface area (Å²) in [5.74, 6) is 0.906. The molecule has 0 aliphatic carbocycles. The van der Waals surface area contributed by atoms with Gasteiger partial charge in [-0.15, -0.1) is 0 Å². The fourth-order valence-electron chi connectivity index (χ4n) is 2.27. The van der Waals surface area contributed by atoms with Crippen LogP contribution in [0.3, 0.4) is 0 Å². The lowest BCUT2D eigenvalue weighted by Crippen LogP contribution is -1.86. The second-order valence-electron chi connectivity index (χ2n) is 3.96. The van der Waals surface area contributed by atoms with Crippen LogP contribution in [-0.2, 0) is 7.05 Å². The molecule has 0 saturated carbocycles. The Morgan fingerprint density at radius 2 is 1.56 bits per heavy atom. The molecule has 0 fully saturated rings. The summed E-state index contributed by atoms with van der Waals surface area (Å²) in [6, 6.07) is 14.6. The summed E-state index contributed by atoms with van der Waals surface area (Å²) in [5, 5.41) is 2.52. The van der Waals surface area contributed by atoms with Crippen LogP contribution in [0.2, 0.25) is 0 Å². The van der Waals surface area contributed by atoms with E-state index in [0.29, 0.717) is 0 Å². The van der Waals surface area contributed by atoms with Crippen molar-refractivity contribution in [3.63, 3.8) is 0 Å². The lowest BCUT2D eigenvalue weighted by molar-refractivity contribution is 0.415. The van der Waals surface area contributed by atoms with Gasteiger partial charge in [0.1, 0.15) is 5.75 Å². The molecule has 18 heavy (non-hydrogen) atoms. The zero-order valence-electron chi connectivity index (χ0n) is 11.4. The average molecular weight is 241 g/mol. The molecule has 0 atom stereocenters. The van der Waals surface area contributed by atoms with Crippen molar-refractivity contribution in [2.45, 2.75) is 13.8 Å². The van der Waals surface area contributed by atoms with E-state index < -0.39 is 0 Å². The molecule has 0 amide bonds. The molecule has 1 heterocycles. The van der Waals surface area contributed by atoms with Crippen LogP contribution in [0.1, 0.15) is 13.8 Å². The Morgan fingerprint density at radius 3 is 2.28 bits per heavy atom. The molecular formula is C16H19NO. The van der Waals surface area contributed by atoms with Gasteiger partial charge in [0, 0.05) is 28.9 Å². The molecule has 94 valence electrons. The van der Waals surface area contributed by atoms with Crippen molar-refractivity contribution >= 4 is 21.8 Å². The van der Waals surface area contributed by atoms with Crippen LogP contribution in [0.25, 0.3) is 21.8 Å². The monoisotopic (exact) mass is 241 g/mol. The van der Waals surface area contributed by atoms with E-state index >= 15 is 0 Å². The number of nitrogens with zero attached hydrogens (tertiary/aromatic N) is 1.